The smallest absolute Gasteiger partial charge is 0.293 e. The Kier molecular flexibility index (Phi) is 5.09. The molecule has 3 aromatic rings. The second kappa shape index (κ2) is 7.68. The van der Waals surface area contributed by atoms with Gasteiger partial charge in [0.2, 0.25) is 0 Å². The number of imide groups is 1. The molecule has 0 radical (unpaired) electrons. The zero-order valence-corrected chi connectivity index (χ0v) is 16.8. The van der Waals surface area contributed by atoms with Gasteiger partial charge in [-0.15, -0.1) is 0 Å². The highest BCUT2D eigenvalue weighted by atomic mass is 32.2. The van der Waals surface area contributed by atoms with E-state index in [9.17, 15) is 9.59 Å². The van der Waals surface area contributed by atoms with Crippen molar-refractivity contribution in [2.75, 3.05) is 0 Å². The van der Waals surface area contributed by atoms with Gasteiger partial charge in [-0.25, -0.2) is 0 Å². The summed E-state index contributed by atoms with van der Waals surface area (Å²) in [6.07, 6.45) is 4.96. The molecular weight excluding hydrogens is 368 g/mol. The Hall–Kier alpha value is -2.79. The Bertz CT molecular complexity index is 1100. The predicted molar refractivity (Wildman–Crippen MR) is 115 cm³/mol. The van der Waals surface area contributed by atoms with Crippen LogP contribution in [-0.4, -0.2) is 20.6 Å². The quantitative estimate of drug-likeness (QED) is 0.533. The van der Waals surface area contributed by atoms with E-state index in [1.54, 1.807) is 0 Å². The molecule has 0 bridgehead atoms. The van der Waals surface area contributed by atoms with Crippen LogP contribution >= 0.6 is 11.8 Å². The van der Waals surface area contributed by atoms with Crippen LogP contribution in [0.1, 0.15) is 30.0 Å². The van der Waals surface area contributed by atoms with E-state index in [2.05, 4.69) is 29.8 Å². The Morgan fingerprint density at radius 3 is 2.57 bits per heavy atom. The molecule has 4 rings (SSSR count). The van der Waals surface area contributed by atoms with E-state index >= 15 is 0 Å². The van der Waals surface area contributed by atoms with Crippen LogP contribution in [0.3, 0.4) is 0 Å². The molecule has 0 unspecified atom stereocenters. The van der Waals surface area contributed by atoms with Crippen molar-refractivity contribution in [1.82, 2.24) is 9.47 Å². The van der Waals surface area contributed by atoms with E-state index in [1.165, 1.54) is 4.90 Å². The second-order valence-electron chi connectivity index (χ2n) is 6.99. The number of benzene rings is 2. The lowest BCUT2D eigenvalue weighted by molar-refractivity contribution is -0.123. The van der Waals surface area contributed by atoms with Crippen molar-refractivity contribution in [3.63, 3.8) is 0 Å². The molecule has 1 aliphatic heterocycles. The van der Waals surface area contributed by atoms with Gasteiger partial charge in [-0.2, -0.15) is 0 Å². The van der Waals surface area contributed by atoms with E-state index in [0.29, 0.717) is 11.4 Å². The highest BCUT2D eigenvalue weighted by Gasteiger charge is 2.35. The predicted octanol–water partition coefficient (Wildman–Crippen LogP) is 5.60. The van der Waals surface area contributed by atoms with Crippen LogP contribution in [0.25, 0.3) is 17.0 Å². The van der Waals surface area contributed by atoms with E-state index in [4.69, 9.17) is 0 Å². The van der Waals surface area contributed by atoms with Crippen molar-refractivity contribution in [3.05, 3.63) is 76.3 Å². The number of aromatic nitrogens is 1. The topological polar surface area (TPSA) is 42.3 Å². The maximum absolute atomic E-state index is 12.9. The molecular formula is C23H22N2O2S. The van der Waals surface area contributed by atoms with E-state index < -0.39 is 0 Å². The molecule has 1 aromatic heterocycles. The van der Waals surface area contributed by atoms with Crippen molar-refractivity contribution in [2.24, 2.45) is 0 Å². The average Bonchev–Trinajstić information content (AvgIpc) is 3.16. The van der Waals surface area contributed by atoms with Crippen molar-refractivity contribution in [3.8, 4) is 0 Å². The zero-order valence-electron chi connectivity index (χ0n) is 16.0. The molecule has 0 aliphatic carbocycles. The fourth-order valence-electron chi connectivity index (χ4n) is 3.55. The summed E-state index contributed by atoms with van der Waals surface area (Å²) in [6.45, 7) is 5.37. The molecule has 1 saturated heterocycles. The molecule has 2 amide bonds. The summed E-state index contributed by atoms with van der Waals surface area (Å²) >= 11 is 1.02. The normalized spacial score (nSPS) is 15.9. The monoisotopic (exact) mass is 390 g/mol. The van der Waals surface area contributed by atoms with Gasteiger partial charge in [-0.3, -0.25) is 14.5 Å². The van der Waals surface area contributed by atoms with Crippen LogP contribution in [0.5, 0.6) is 0 Å². The number of nitrogens with zero attached hydrogens (tertiary/aromatic N) is 2. The third kappa shape index (κ3) is 3.38. The molecule has 4 nitrogen and oxygen atoms in total. The molecule has 0 saturated carbocycles. The molecule has 0 atom stereocenters. The fraction of sp³-hybridized carbons (Fsp3) is 0.217. The standard InChI is InChI=1S/C23H22N2O2S/c1-3-12-24-14-18(19-10-6-7-11-20(19)24)13-21-22(26)25(23(27)28-21)15-17-9-5-4-8-16(17)2/h4-11,13-14H,3,12,15H2,1-2H3/b21-13-. The van der Waals surface area contributed by atoms with Crippen LogP contribution < -0.4 is 0 Å². The summed E-state index contributed by atoms with van der Waals surface area (Å²) in [7, 11) is 0. The first-order valence-electron chi connectivity index (χ1n) is 9.46. The number of rotatable bonds is 5. The first kappa shape index (κ1) is 18.6. The van der Waals surface area contributed by atoms with E-state index in [0.717, 1.165) is 52.3 Å². The van der Waals surface area contributed by atoms with Crippen LogP contribution in [0.15, 0.2) is 59.6 Å². The average molecular weight is 391 g/mol. The molecule has 2 aromatic carbocycles. The molecule has 0 N–H and O–H groups in total. The van der Waals surface area contributed by atoms with Gasteiger partial charge in [0.25, 0.3) is 11.1 Å². The van der Waals surface area contributed by atoms with Gasteiger partial charge in [0.05, 0.1) is 11.4 Å². The molecule has 28 heavy (non-hydrogen) atoms. The van der Waals surface area contributed by atoms with Crippen molar-refractivity contribution in [2.45, 2.75) is 33.4 Å². The second-order valence-corrected chi connectivity index (χ2v) is 7.98. The number of aryl methyl sites for hydroxylation is 2. The van der Waals surface area contributed by atoms with Crippen LogP contribution in [-0.2, 0) is 17.9 Å². The number of carbonyl (C=O) groups excluding carboxylic acids is 2. The lowest BCUT2D eigenvalue weighted by atomic mass is 10.1. The number of fused-ring (bicyclic) bond motifs is 1. The molecule has 2 heterocycles. The summed E-state index contributed by atoms with van der Waals surface area (Å²) in [4.78, 5) is 27.2. The Labute approximate surface area is 168 Å². The fourth-order valence-corrected chi connectivity index (χ4v) is 4.38. The van der Waals surface area contributed by atoms with Gasteiger partial charge < -0.3 is 4.57 Å². The maximum atomic E-state index is 12.9. The third-order valence-corrected chi connectivity index (χ3v) is 5.94. The SMILES string of the molecule is CCCn1cc(/C=C2\SC(=O)N(Cc3ccccc3C)C2=O)c2ccccc21. The van der Waals surface area contributed by atoms with Crippen molar-refractivity contribution >= 4 is 39.9 Å². The molecule has 1 fully saturated rings. The van der Waals surface area contributed by atoms with Crippen LogP contribution in [0, 0.1) is 6.92 Å². The van der Waals surface area contributed by atoms with Gasteiger partial charge in [-0.05, 0) is 48.4 Å². The minimum Gasteiger partial charge on any atom is -0.347 e. The van der Waals surface area contributed by atoms with Gasteiger partial charge in [0, 0.05) is 29.2 Å². The first-order valence-corrected chi connectivity index (χ1v) is 10.3. The van der Waals surface area contributed by atoms with Crippen molar-refractivity contribution in [1.29, 1.82) is 0 Å². The molecule has 1 aliphatic rings. The van der Waals surface area contributed by atoms with E-state index in [-0.39, 0.29) is 11.1 Å². The number of thioether (sulfide) groups is 1. The van der Waals surface area contributed by atoms with Gasteiger partial charge in [0.15, 0.2) is 0 Å². The maximum Gasteiger partial charge on any atom is 0.293 e. The number of hydrogen-bond acceptors (Lipinski definition) is 3. The summed E-state index contributed by atoms with van der Waals surface area (Å²) in [5.41, 5.74) is 4.19. The number of hydrogen-bond donors (Lipinski definition) is 0. The lowest BCUT2D eigenvalue weighted by Crippen LogP contribution is -2.27. The largest absolute Gasteiger partial charge is 0.347 e. The first-order chi connectivity index (χ1) is 13.6. The van der Waals surface area contributed by atoms with E-state index in [1.807, 2.05) is 49.4 Å². The summed E-state index contributed by atoms with van der Waals surface area (Å²) in [5, 5.41) is 0.887. The van der Waals surface area contributed by atoms with Crippen LogP contribution in [0.2, 0.25) is 0 Å². The number of amides is 2. The molecule has 0 spiro atoms. The van der Waals surface area contributed by atoms with Crippen molar-refractivity contribution < 1.29 is 9.59 Å². The van der Waals surface area contributed by atoms with Gasteiger partial charge >= 0.3 is 0 Å². The van der Waals surface area contributed by atoms with Crippen LogP contribution in [0.4, 0.5) is 4.79 Å². The summed E-state index contributed by atoms with van der Waals surface area (Å²) in [5.74, 6) is -0.217. The summed E-state index contributed by atoms with van der Waals surface area (Å²) in [6, 6.07) is 16.0. The molecule has 142 valence electrons. The van der Waals surface area contributed by atoms with Gasteiger partial charge in [0.1, 0.15) is 0 Å². The zero-order chi connectivity index (χ0) is 19.7. The minimum absolute atomic E-state index is 0.211. The highest BCUT2D eigenvalue weighted by molar-refractivity contribution is 8.18. The Morgan fingerprint density at radius 2 is 1.79 bits per heavy atom. The highest BCUT2D eigenvalue weighted by Crippen LogP contribution is 2.35. The third-order valence-electron chi connectivity index (χ3n) is 5.03. The number of carbonyl (C=O) groups is 2. The summed E-state index contributed by atoms with van der Waals surface area (Å²) < 4.78 is 2.21. The Balaban J connectivity index is 1.66. The lowest BCUT2D eigenvalue weighted by Gasteiger charge is -2.14. The molecule has 5 heteroatoms. The Morgan fingerprint density at radius 1 is 1.04 bits per heavy atom. The number of para-hydroxylation sites is 1. The minimum atomic E-state index is -0.217. The van der Waals surface area contributed by atoms with Gasteiger partial charge in [-0.1, -0.05) is 49.4 Å².